The van der Waals surface area contributed by atoms with Gasteiger partial charge in [-0.25, -0.2) is 4.79 Å². The predicted octanol–water partition coefficient (Wildman–Crippen LogP) is 4.66. The third kappa shape index (κ3) is 14.9. The van der Waals surface area contributed by atoms with Crippen molar-refractivity contribution < 1.29 is 28.9 Å². The Balaban J connectivity index is 3.84. The number of carboxylic acid groups (broad SMARTS) is 1. The first-order valence-electron chi connectivity index (χ1n) is 11.5. The second-order valence-electron chi connectivity index (χ2n) is 7.19. The molecule has 29 heavy (non-hydrogen) atoms. The van der Waals surface area contributed by atoms with Gasteiger partial charge < -0.3 is 24.1 Å². The number of ether oxygens (including phenoxy) is 3. The van der Waals surface area contributed by atoms with Crippen LogP contribution in [0.2, 0.25) is 0 Å². The highest BCUT2D eigenvalue weighted by atomic mass is 16.6. The van der Waals surface area contributed by atoms with Crippen LogP contribution in [-0.2, 0) is 23.8 Å². The van der Waals surface area contributed by atoms with E-state index in [1.165, 1.54) is 64.2 Å². The van der Waals surface area contributed by atoms with Gasteiger partial charge in [0.25, 0.3) is 0 Å². The maximum absolute atomic E-state index is 12.1. The molecular weight excluding hydrogens is 372 g/mol. The third-order valence-electron chi connectivity index (χ3n) is 4.64. The van der Waals surface area contributed by atoms with Crippen LogP contribution >= 0.6 is 0 Å². The van der Waals surface area contributed by atoms with Crippen molar-refractivity contribution in [3.8, 4) is 0 Å². The SMILES string of the molecule is CCCCCCCCCCCCCCCOC(=O)/C(OCC)=C(/OCC)C(=O)[O-]. The quantitative estimate of drug-likeness (QED) is 0.125. The fraction of sp³-hybridized carbons (Fsp3) is 0.826. The maximum Gasteiger partial charge on any atom is 0.377 e. The van der Waals surface area contributed by atoms with Gasteiger partial charge in [0.05, 0.1) is 19.8 Å². The van der Waals surface area contributed by atoms with Gasteiger partial charge in [0.1, 0.15) is 5.97 Å². The first-order chi connectivity index (χ1) is 14.1. The number of rotatable bonds is 20. The molecule has 0 aliphatic heterocycles. The minimum Gasteiger partial charge on any atom is -0.541 e. The van der Waals surface area contributed by atoms with E-state index in [1.54, 1.807) is 13.8 Å². The molecular formula is C23H41O6-. The molecule has 0 heterocycles. The molecule has 0 aromatic heterocycles. The highest BCUT2D eigenvalue weighted by Crippen LogP contribution is 2.13. The van der Waals surface area contributed by atoms with E-state index >= 15 is 0 Å². The lowest BCUT2D eigenvalue weighted by molar-refractivity contribution is -0.303. The number of aliphatic carboxylic acids is 1. The van der Waals surface area contributed by atoms with Crippen LogP contribution in [0.4, 0.5) is 0 Å². The van der Waals surface area contributed by atoms with E-state index in [4.69, 9.17) is 14.2 Å². The van der Waals surface area contributed by atoms with Gasteiger partial charge in [0.15, 0.2) is 5.76 Å². The summed E-state index contributed by atoms with van der Waals surface area (Å²) in [6.45, 7) is 5.97. The highest BCUT2D eigenvalue weighted by molar-refractivity contribution is 5.95. The average molecular weight is 414 g/mol. The summed E-state index contributed by atoms with van der Waals surface area (Å²) in [7, 11) is 0. The van der Waals surface area contributed by atoms with Crippen molar-refractivity contribution >= 4 is 11.9 Å². The Kier molecular flexibility index (Phi) is 18.4. The minimum atomic E-state index is -1.59. The number of carbonyl (C=O) groups excluding carboxylic acids is 2. The zero-order chi connectivity index (χ0) is 21.7. The number of esters is 1. The summed E-state index contributed by atoms with van der Waals surface area (Å²) in [5.41, 5.74) is 0. The number of carbonyl (C=O) groups is 2. The highest BCUT2D eigenvalue weighted by Gasteiger charge is 2.21. The van der Waals surface area contributed by atoms with Crippen molar-refractivity contribution in [2.75, 3.05) is 19.8 Å². The molecule has 0 spiro atoms. The molecule has 0 aliphatic carbocycles. The molecule has 0 fully saturated rings. The number of hydrogen-bond acceptors (Lipinski definition) is 6. The summed E-state index contributed by atoms with van der Waals surface area (Å²) < 4.78 is 15.2. The normalized spacial score (nSPS) is 11.7. The van der Waals surface area contributed by atoms with Crippen molar-refractivity contribution in [3.05, 3.63) is 11.5 Å². The van der Waals surface area contributed by atoms with Gasteiger partial charge in [-0.3, -0.25) is 0 Å². The molecule has 0 rings (SSSR count). The number of unbranched alkanes of at least 4 members (excludes halogenated alkanes) is 12. The zero-order valence-electron chi connectivity index (χ0n) is 18.8. The maximum atomic E-state index is 12.1. The molecule has 0 saturated heterocycles. The van der Waals surface area contributed by atoms with E-state index in [-0.39, 0.29) is 19.8 Å². The van der Waals surface area contributed by atoms with E-state index in [1.807, 2.05) is 0 Å². The Bertz CT molecular complexity index is 458. The standard InChI is InChI=1S/C23H42O6/c1-4-7-8-9-10-11-12-13-14-15-16-17-18-19-29-23(26)21(28-6-3)20(22(24)25)27-5-2/h4-19H2,1-3H3,(H,24,25)/p-1/b21-20-. The fourth-order valence-electron chi connectivity index (χ4n) is 3.07. The summed E-state index contributed by atoms with van der Waals surface area (Å²) in [6, 6.07) is 0. The van der Waals surface area contributed by atoms with Gasteiger partial charge in [-0.15, -0.1) is 0 Å². The lowest BCUT2D eigenvalue weighted by Crippen LogP contribution is -2.30. The van der Waals surface area contributed by atoms with Gasteiger partial charge in [0, 0.05) is 0 Å². The van der Waals surface area contributed by atoms with Gasteiger partial charge in [-0.2, -0.15) is 0 Å². The van der Waals surface area contributed by atoms with E-state index in [0.29, 0.717) is 0 Å². The summed E-state index contributed by atoms with van der Waals surface area (Å²) >= 11 is 0. The molecule has 0 aromatic carbocycles. The summed E-state index contributed by atoms with van der Waals surface area (Å²) in [6.07, 6.45) is 16.1. The fourth-order valence-corrected chi connectivity index (χ4v) is 3.07. The lowest BCUT2D eigenvalue weighted by Gasteiger charge is -2.15. The molecule has 0 aromatic rings. The van der Waals surface area contributed by atoms with Crippen LogP contribution in [-0.4, -0.2) is 31.8 Å². The largest absolute Gasteiger partial charge is 0.541 e. The molecule has 170 valence electrons. The van der Waals surface area contributed by atoms with E-state index in [2.05, 4.69) is 6.92 Å². The molecule has 0 amide bonds. The van der Waals surface area contributed by atoms with E-state index in [9.17, 15) is 14.7 Å². The van der Waals surface area contributed by atoms with Crippen LogP contribution in [0.15, 0.2) is 11.5 Å². The van der Waals surface area contributed by atoms with Crippen molar-refractivity contribution in [1.29, 1.82) is 0 Å². The van der Waals surface area contributed by atoms with E-state index < -0.39 is 23.5 Å². The lowest BCUT2D eigenvalue weighted by atomic mass is 10.0. The molecule has 0 aliphatic rings. The Hall–Kier alpha value is -1.72. The molecule has 0 bridgehead atoms. The van der Waals surface area contributed by atoms with Crippen LogP contribution in [0, 0.1) is 0 Å². The van der Waals surface area contributed by atoms with Crippen LogP contribution in [0.5, 0.6) is 0 Å². The Morgan fingerprint density at radius 1 is 0.586 bits per heavy atom. The van der Waals surface area contributed by atoms with Crippen molar-refractivity contribution in [2.24, 2.45) is 0 Å². The number of carboxylic acids is 1. The summed E-state index contributed by atoms with van der Waals surface area (Å²) in [5, 5.41) is 11.1. The average Bonchev–Trinajstić information content (AvgIpc) is 2.70. The van der Waals surface area contributed by atoms with E-state index in [0.717, 1.165) is 19.3 Å². The molecule has 0 atom stereocenters. The van der Waals surface area contributed by atoms with Crippen LogP contribution in [0.25, 0.3) is 0 Å². The minimum absolute atomic E-state index is 0.0893. The van der Waals surface area contributed by atoms with Gasteiger partial charge in [-0.1, -0.05) is 84.0 Å². The van der Waals surface area contributed by atoms with Gasteiger partial charge in [0.2, 0.25) is 5.76 Å². The smallest absolute Gasteiger partial charge is 0.377 e. The summed E-state index contributed by atoms with van der Waals surface area (Å²) in [5.74, 6) is -3.44. The Morgan fingerprint density at radius 2 is 1.00 bits per heavy atom. The first-order valence-corrected chi connectivity index (χ1v) is 11.5. The topological polar surface area (TPSA) is 84.9 Å². The Morgan fingerprint density at radius 3 is 1.41 bits per heavy atom. The second-order valence-corrected chi connectivity index (χ2v) is 7.19. The number of hydrogen-bond donors (Lipinski definition) is 0. The monoisotopic (exact) mass is 413 g/mol. The Labute approximate surface area is 177 Å². The van der Waals surface area contributed by atoms with Gasteiger partial charge >= 0.3 is 5.97 Å². The molecule has 0 unspecified atom stereocenters. The predicted molar refractivity (Wildman–Crippen MR) is 112 cm³/mol. The first kappa shape index (κ1) is 27.3. The molecule has 6 nitrogen and oxygen atoms in total. The van der Waals surface area contributed by atoms with Crippen LogP contribution in [0.1, 0.15) is 104 Å². The third-order valence-corrected chi connectivity index (χ3v) is 4.64. The van der Waals surface area contributed by atoms with Crippen molar-refractivity contribution in [3.63, 3.8) is 0 Å². The molecule has 0 N–H and O–H groups in total. The van der Waals surface area contributed by atoms with Crippen LogP contribution < -0.4 is 5.11 Å². The molecule has 0 saturated carbocycles. The molecule has 6 heteroatoms. The van der Waals surface area contributed by atoms with Crippen molar-refractivity contribution in [2.45, 2.75) is 104 Å². The molecule has 0 radical (unpaired) electrons. The van der Waals surface area contributed by atoms with Crippen molar-refractivity contribution in [1.82, 2.24) is 0 Å². The zero-order valence-corrected chi connectivity index (χ0v) is 18.8. The van der Waals surface area contributed by atoms with Crippen LogP contribution in [0.3, 0.4) is 0 Å². The second kappa shape index (κ2) is 19.6. The summed E-state index contributed by atoms with van der Waals surface area (Å²) in [4.78, 5) is 23.2. The van der Waals surface area contributed by atoms with Gasteiger partial charge in [-0.05, 0) is 20.3 Å².